The van der Waals surface area contributed by atoms with E-state index < -0.39 is 6.10 Å². The first kappa shape index (κ1) is 13.4. The second-order valence-electron chi connectivity index (χ2n) is 4.94. The highest BCUT2D eigenvalue weighted by Crippen LogP contribution is 2.11. The molecule has 3 aromatic rings. The summed E-state index contributed by atoms with van der Waals surface area (Å²) in [5.74, 6) is 0.620. The summed E-state index contributed by atoms with van der Waals surface area (Å²) in [6, 6.07) is 13.3. The van der Waals surface area contributed by atoms with Gasteiger partial charge in [0, 0.05) is 6.42 Å². The number of aliphatic hydroxyl groups excluding tert-OH is 1. The van der Waals surface area contributed by atoms with Gasteiger partial charge in [0.1, 0.15) is 5.82 Å². The summed E-state index contributed by atoms with van der Waals surface area (Å²) in [5, 5.41) is 28.7. The Morgan fingerprint density at radius 3 is 2.81 bits per heavy atom. The van der Waals surface area contributed by atoms with Crippen LogP contribution in [0.2, 0.25) is 0 Å². The summed E-state index contributed by atoms with van der Waals surface area (Å²) in [4.78, 5) is 0. The van der Waals surface area contributed by atoms with E-state index in [2.05, 4.69) is 25.9 Å². The van der Waals surface area contributed by atoms with Crippen LogP contribution in [0.25, 0.3) is 5.65 Å². The Labute approximate surface area is 121 Å². The molecular weight excluding hydrogens is 268 g/mol. The zero-order chi connectivity index (χ0) is 14.7. The molecule has 0 saturated carbocycles. The Bertz CT molecular complexity index is 714. The second kappa shape index (κ2) is 5.84. The van der Waals surface area contributed by atoms with Crippen molar-refractivity contribution in [2.24, 2.45) is 0 Å². The van der Waals surface area contributed by atoms with E-state index in [-0.39, 0.29) is 6.04 Å². The standard InChI is InChI=1S/C14H16N6O/c1-10(12(21)9-11-5-3-2-4-6-11)15-13-7-8-14-16-18-19-20(14)17-13/h2-8,10,12,21H,9H2,1H3,(H,15,17). The maximum Gasteiger partial charge on any atom is 0.200 e. The van der Waals surface area contributed by atoms with E-state index >= 15 is 0 Å². The van der Waals surface area contributed by atoms with Crippen molar-refractivity contribution in [3.63, 3.8) is 0 Å². The zero-order valence-corrected chi connectivity index (χ0v) is 11.6. The van der Waals surface area contributed by atoms with Crippen LogP contribution < -0.4 is 5.32 Å². The third-order valence-corrected chi connectivity index (χ3v) is 3.31. The summed E-state index contributed by atoms with van der Waals surface area (Å²) in [6.45, 7) is 1.92. The Balaban J connectivity index is 1.66. The maximum absolute atomic E-state index is 10.3. The van der Waals surface area contributed by atoms with Gasteiger partial charge in [-0.15, -0.1) is 14.8 Å². The van der Waals surface area contributed by atoms with Crippen LogP contribution in [0.4, 0.5) is 5.82 Å². The SMILES string of the molecule is CC(Nc1ccc2nnnn2n1)C(O)Cc1ccccc1. The Morgan fingerprint density at radius 1 is 1.19 bits per heavy atom. The van der Waals surface area contributed by atoms with Gasteiger partial charge in [-0.3, -0.25) is 0 Å². The Hall–Kier alpha value is -2.54. The van der Waals surface area contributed by atoms with Crippen LogP contribution in [0.5, 0.6) is 0 Å². The van der Waals surface area contributed by atoms with Gasteiger partial charge in [0.15, 0.2) is 5.65 Å². The molecular formula is C14H16N6O. The third-order valence-electron chi connectivity index (χ3n) is 3.31. The van der Waals surface area contributed by atoms with Crippen LogP contribution in [0, 0.1) is 0 Å². The maximum atomic E-state index is 10.3. The van der Waals surface area contributed by atoms with E-state index in [9.17, 15) is 5.11 Å². The van der Waals surface area contributed by atoms with Gasteiger partial charge < -0.3 is 10.4 Å². The van der Waals surface area contributed by atoms with Crippen molar-refractivity contribution in [3.05, 3.63) is 48.0 Å². The largest absolute Gasteiger partial charge is 0.391 e. The molecule has 0 fully saturated rings. The Morgan fingerprint density at radius 2 is 2.00 bits per heavy atom. The number of benzene rings is 1. The van der Waals surface area contributed by atoms with Crippen LogP contribution in [0.1, 0.15) is 12.5 Å². The molecule has 0 bridgehead atoms. The van der Waals surface area contributed by atoms with Gasteiger partial charge in [0.2, 0.25) is 0 Å². The lowest BCUT2D eigenvalue weighted by molar-refractivity contribution is 0.158. The van der Waals surface area contributed by atoms with Crippen molar-refractivity contribution < 1.29 is 5.11 Å². The highest BCUT2D eigenvalue weighted by Gasteiger charge is 2.15. The molecule has 7 nitrogen and oxygen atoms in total. The minimum absolute atomic E-state index is 0.147. The number of hydrogen-bond acceptors (Lipinski definition) is 6. The topological polar surface area (TPSA) is 88.2 Å². The van der Waals surface area contributed by atoms with Gasteiger partial charge in [0.25, 0.3) is 0 Å². The average molecular weight is 284 g/mol. The first-order chi connectivity index (χ1) is 10.2. The monoisotopic (exact) mass is 284 g/mol. The van der Waals surface area contributed by atoms with Crippen molar-refractivity contribution >= 4 is 11.5 Å². The molecule has 2 atom stereocenters. The van der Waals surface area contributed by atoms with Gasteiger partial charge in [-0.05, 0) is 35.0 Å². The lowest BCUT2D eigenvalue weighted by atomic mass is 10.0. The molecule has 2 unspecified atom stereocenters. The van der Waals surface area contributed by atoms with Gasteiger partial charge in [-0.25, -0.2) is 0 Å². The van der Waals surface area contributed by atoms with Crippen molar-refractivity contribution in [1.82, 2.24) is 25.3 Å². The number of tetrazole rings is 1. The van der Waals surface area contributed by atoms with Crippen molar-refractivity contribution in [2.75, 3.05) is 5.32 Å². The van der Waals surface area contributed by atoms with Gasteiger partial charge >= 0.3 is 0 Å². The quantitative estimate of drug-likeness (QED) is 0.724. The Kier molecular flexibility index (Phi) is 3.74. The highest BCUT2D eigenvalue weighted by molar-refractivity contribution is 5.42. The third kappa shape index (κ3) is 3.14. The highest BCUT2D eigenvalue weighted by atomic mass is 16.3. The van der Waals surface area contributed by atoms with Crippen LogP contribution in [0.3, 0.4) is 0 Å². The molecule has 2 aromatic heterocycles. The normalized spacial score (nSPS) is 14.0. The van der Waals surface area contributed by atoms with E-state index in [4.69, 9.17) is 0 Å². The second-order valence-corrected chi connectivity index (χ2v) is 4.94. The molecule has 0 aliphatic heterocycles. The molecule has 0 aliphatic rings. The summed E-state index contributed by atoms with van der Waals surface area (Å²) >= 11 is 0. The summed E-state index contributed by atoms with van der Waals surface area (Å²) in [7, 11) is 0. The van der Waals surface area contributed by atoms with Gasteiger partial charge in [-0.1, -0.05) is 30.3 Å². The zero-order valence-electron chi connectivity index (χ0n) is 11.6. The molecule has 2 heterocycles. The molecule has 0 aliphatic carbocycles. The minimum Gasteiger partial charge on any atom is -0.391 e. The smallest absolute Gasteiger partial charge is 0.200 e. The number of rotatable bonds is 5. The van der Waals surface area contributed by atoms with Crippen LogP contribution in [-0.2, 0) is 6.42 Å². The number of nitrogens with one attached hydrogen (secondary N) is 1. The molecule has 0 amide bonds. The van der Waals surface area contributed by atoms with Crippen molar-refractivity contribution in [1.29, 1.82) is 0 Å². The molecule has 108 valence electrons. The summed E-state index contributed by atoms with van der Waals surface area (Å²) in [5.41, 5.74) is 1.68. The lowest BCUT2D eigenvalue weighted by Crippen LogP contribution is -2.32. The molecule has 0 saturated heterocycles. The minimum atomic E-state index is -0.515. The lowest BCUT2D eigenvalue weighted by Gasteiger charge is -2.20. The van der Waals surface area contributed by atoms with Crippen molar-refractivity contribution in [2.45, 2.75) is 25.5 Å². The van der Waals surface area contributed by atoms with Crippen LogP contribution >= 0.6 is 0 Å². The first-order valence-electron chi connectivity index (χ1n) is 6.76. The summed E-state index contributed by atoms with van der Waals surface area (Å²) in [6.07, 6.45) is 0.0704. The van der Waals surface area contributed by atoms with E-state index in [1.165, 1.54) is 4.63 Å². The van der Waals surface area contributed by atoms with E-state index in [0.29, 0.717) is 17.9 Å². The molecule has 1 aromatic carbocycles. The van der Waals surface area contributed by atoms with E-state index in [1.54, 1.807) is 12.1 Å². The van der Waals surface area contributed by atoms with Crippen LogP contribution in [-0.4, -0.2) is 42.5 Å². The molecule has 3 rings (SSSR count). The first-order valence-corrected chi connectivity index (χ1v) is 6.76. The van der Waals surface area contributed by atoms with Gasteiger partial charge in [-0.2, -0.15) is 0 Å². The number of fused-ring (bicyclic) bond motifs is 1. The fraction of sp³-hybridized carbons (Fsp3) is 0.286. The summed E-state index contributed by atoms with van der Waals surface area (Å²) < 4.78 is 1.35. The number of nitrogens with zero attached hydrogens (tertiary/aromatic N) is 5. The van der Waals surface area contributed by atoms with Crippen LogP contribution in [0.15, 0.2) is 42.5 Å². The molecule has 0 radical (unpaired) electrons. The van der Waals surface area contributed by atoms with Crippen molar-refractivity contribution in [3.8, 4) is 0 Å². The predicted molar refractivity (Wildman–Crippen MR) is 77.8 cm³/mol. The van der Waals surface area contributed by atoms with E-state index in [0.717, 1.165) is 5.56 Å². The molecule has 7 heteroatoms. The molecule has 2 N–H and O–H groups in total. The number of anilines is 1. The van der Waals surface area contributed by atoms with Gasteiger partial charge in [0.05, 0.1) is 12.1 Å². The fourth-order valence-corrected chi connectivity index (χ4v) is 2.09. The molecule has 21 heavy (non-hydrogen) atoms. The van der Waals surface area contributed by atoms with E-state index in [1.807, 2.05) is 37.3 Å². The number of aliphatic hydroxyl groups is 1. The predicted octanol–water partition coefficient (Wildman–Crippen LogP) is 0.923. The number of aromatic nitrogens is 5. The molecule has 0 spiro atoms. The average Bonchev–Trinajstić information content (AvgIpc) is 2.95. The fourth-order valence-electron chi connectivity index (χ4n) is 2.09. The number of hydrogen-bond donors (Lipinski definition) is 2.